The molecule has 0 saturated heterocycles. The maximum absolute atomic E-state index is 6.24. The van der Waals surface area contributed by atoms with Gasteiger partial charge in [0.25, 0.3) is 0 Å². The van der Waals surface area contributed by atoms with Crippen LogP contribution < -0.4 is 5.32 Å². The topological polar surface area (TPSA) is 55.6 Å². The van der Waals surface area contributed by atoms with Gasteiger partial charge in [-0.15, -0.1) is 10.2 Å². The van der Waals surface area contributed by atoms with Crippen molar-refractivity contribution < 1.29 is 0 Å². The van der Waals surface area contributed by atoms with E-state index in [2.05, 4.69) is 36.7 Å². The molecule has 7 heteroatoms. The first-order valence-electron chi connectivity index (χ1n) is 5.45. The average Bonchev–Trinajstić information content (AvgIpc) is 2.72. The van der Waals surface area contributed by atoms with Crippen LogP contribution in [0.25, 0.3) is 0 Å². The van der Waals surface area contributed by atoms with Crippen LogP contribution in [0.4, 0.5) is 0 Å². The Morgan fingerprint density at radius 3 is 2.83 bits per heavy atom. The Kier molecular flexibility index (Phi) is 4.31. The Balaban J connectivity index is 2.22. The van der Waals surface area contributed by atoms with E-state index in [4.69, 9.17) is 11.6 Å². The van der Waals surface area contributed by atoms with E-state index in [1.54, 1.807) is 7.05 Å². The van der Waals surface area contributed by atoms with Crippen LogP contribution in [0.3, 0.4) is 0 Å². The highest BCUT2D eigenvalue weighted by Crippen LogP contribution is 2.27. The molecule has 0 aliphatic rings. The zero-order chi connectivity index (χ0) is 13.1. The van der Waals surface area contributed by atoms with E-state index in [1.165, 1.54) is 4.80 Å². The number of nitrogens with zero attached hydrogens (tertiary/aromatic N) is 4. The molecule has 1 heterocycles. The van der Waals surface area contributed by atoms with Crippen molar-refractivity contribution >= 4 is 27.5 Å². The van der Waals surface area contributed by atoms with Gasteiger partial charge in [0.1, 0.15) is 0 Å². The van der Waals surface area contributed by atoms with E-state index in [-0.39, 0.29) is 6.04 Å². The van der Waals surface area contributed by atoms with Crippen LogP contribution in [0.2, 0.25) is 5.02 Å². The second kappa shape index (κ2) is 5.77. The van der Waals surface area contributed by atoms with Crippen molar-refractivity contribution in [2.45, 2.75) is 12.5 Å². The molecule has 1 aromatic carbocycles. The van der Waals surface area contributed by atoms with Gasteiger partial charge in [0.2, 0.25) is 0 Å². The molecule has 2 rings (SSSR count). The van der Waals surface area contributed by atoms with Gasteiger partial charge in [-0.2, -0.15) is 4.80 Å². The summed E-state index contributed by atoms with van der Waals surface area (Å²) in [6.07, 6.45) is 0.645. The van der Waals surface area contributed by atoms with Crippen LogP contribution in [0.15, 0.2) is 22.7 Å². The predicted molar refractivity (Wildman–Crippen MR) is 73.5 cm³/mol. The van der Waals surface area contributed by atoms with Crippen LogP contribution in [0.5, 0.6) is 0 Å². The number of nitrogens with one attached hydrogen (secondary N) is 1. The Hall–Kier alpha value is -0.980. The van der Waals surface area contributed by atoms with Crippen molar-refractivity contribution in [2.75, 3.05) is 7.05 Å². The fourth-order valence-electron chi connectivity index (χ4n) is 1.74. The Morgan fingerprint density at radius 2 is 2.28 bits per heavy atom. The smallest absolute Gasteiger partial charge is 0.176 e. The number of likely N-dealkylation sites (N-methyl/N-ethyl adjacent to an activating group) is 1. The van der Waals surface area contributed by atoms with E-state index < -0.39 is 0 Å². The SMILES string of the molecule is CNC(Cc1nnn(C)n1)c1ccc(Br)cc1Cl. The lowest BCUT2D eigenvalue weighted by atomic mass is 10.0. The Labute approximate surface area is 119 Å². The number of aryl methyl sites for hydroxylation is 1. The Bertz CT molecular complexity index is 542. The van der Waals surface area contributed by atoms with Crippen LogP contribution in [0.1, 0.15) is 17.4 Å². The summed E-state index contributed by atoms with van der Waals surface area (Å²) in [6, 6.07) is 5.90. The first-order valence-corrected chi connectivity index (χ1v) is 6.62. The first kappa shape index (κ1) is 13.5. The average molecular weight is 331 g/mol. The summed E-state index contributed by atoms with van der Waals surface area (Å²) in [6.45, 7) is 0. The second-order valence-electron chi connectivity index (χ2n) is 3.91. The molecule has 0 spiro atoms. The van der Waals surface area contributed by atoms with Crippen molar-refractivity contribution in [3.63, 3.8) is 0 Å². The van der Waals surface area contributed by atoms with Crippen molar-refractivity contribution in [1.82, 2.24) is 25.5 Å². The van der Waals surface area contributed by atoms with Gasteiger partial charge in [0.05, 0.1) is 7.05 Å². The van der Waals surface area contributed by atoms with Gasteiger partial charge in [-0.05, 0) is 30.0 Å². The molecular weight excluding hydrogens is 318 g/mol. The van der Waals surface area contributed by atoms with E-state index in [0.717, 1.165) is 10.0 Å². The molecular formula is C11H13BrClN5. The predicted octanol–water partition coefficient (Wildman–Crippen LogP) is 2.13. The third-order valence-corrected chi connectivity index (χ3v) is 3.44. The summed E-state index contributed by atoms with van der Waals surface area (Å²) in [5, 5.41) is 15.9. The number of tetrazole rings is 1. The number of rotatable bonds is 4. The van der Waals surface area contributed by atoms with Gasteiger partial charge in [-0.3, -0.25) is 0 Å². The van der Waals surface area contributed by atoms with Crippen LogP contribution in [-0.4, -0.2) is 27.3 Å². The van der Waals surface area contributed by atoms with Crippen LogP contribution in [-0.2, 0) is 13.5 Å². The first-order chi connectivity index (χ1) is 8.60. The highest BCUT2D eigenvalue weighted by atomic mass is 79.9. The monoisotopic (exact) mass is 329 g/mol. The fourth-order valence-corrected chi connectivity index (χ4v) is 2.54. The minimum atomic E-state index is 0.0646. The molecule has 0 radical (unpaired) electrons. The third kappa shape index (κ3) is 3.07. The molecule has 18 heavy (non-hydrogen) atoms. The van der Waals surface area contributed by atoms with Crippen LogP contribution >= 0.6 is 27.5 Å². The molecule has 1 unspecified atom stereocenters. The van der Waals surface area contributed by atoms with Gasteiger partial charge in [-0.25, -0.2) is 0 Å². The van der Waals surface area contributed by atoms with Gasteiger partial charge >= 0.3 is 0 Å². The fraction of sp³-hybridized carbons (Fsp3) is 0.364. The standard InChI is InChI=1S/C11H13BrClN5/c1-14-10(6-11-15-17-18(2)16-11)8-4-3-7(12)5-9(8)13/h3-5,10,14H,6H2,1-2H3. The number of hydrogen-bond acceptors (Lipinski definition) is 4. The number of halogens is 2. The van der Waals surface area contributed by atoms with Gasteiger partial charge < -0.3 is 5.32 Å². The van der Waals surface area contributed by atoms with Gasteiger partial charge in [0.15, 0.2) is 5.82 Å². The highest BCUT2D eigenvalue weighted by Gasteiger charge is 2.16. The normalized spacial score (nSPS) is 12.7. The Morgan fingerprint density at radius 1 is 1.50 bits per heavy atom. The molecule has 5 nitrogen and oxygen atoms in total. The quantitative estimate of drug-likeness (QED) is 0.933. The molecule has 0 aliphatic carbocycles. The summed E-state index contributed by atoms with van der Waals surface area (Å²) in [5.74, 6) is 0.691. The zero-order valence-electron chi connectivity index (χ0n) is 10.1. The highest BCUT2D eigenvalue weighted by molar-refractivity contribution is 9.10. The molecule has 1 atom stereocenters. The molecule has 0 fully saturated rings. The molecule has 0 aliphatic heterocycles. The lowest BCUT2D eigenvalue weighted by molar-refractivity contribution is 0.570. The summed E-state index contributed by atoms with van der Waals surface area (Å²) in [5.41, 5.74) is 1.02. The number of benzene rings is 1. The van der Waals surface area contributed by atoms with Gasteiger partial charge in [0, 0.05) is 22.0 Å². The number of aromatic nitrogens is 4. The number of hydrogen-bond donors (Lipinski definition) is 1. The van der Waals surface area contributed by atoms with Crippen molar-refractivity contribution in [2.24, 2.45) is 7.05 Å². The molecule has 1 N–H and O–H groups in total. The third-order valence-electron chi connectivity index (χ3n) is 2.62. The zero-order valence-corrected chi connectivity index (χ0v) is 12.4. The summed E-state index contributed by atoms with van der Waals surface area (Å²) < 4.78 is 0.962. The molecule has 1 aromatic heterocycles. The van der Waals surface area contributed by atoms with E-state index >= 15 is 0 Å². The van der Waals surface area contributed by atoms with E-state index in [1.807, 2.05) is 25.2 Å². The summed E-state index contributed by atoms with van der Waals surface area (Å²) in [7, 11) is 3.64. The summed E-state index contributed by atoms with van der Waals surface area (Å²) in [4.78, 5) is 1.45. The largest absolute Gasteiger partial charge is 0.313 e. The minimum Gasteiger partial charge on any atom is -0.313 e. The molecule has 0 bridgehead atoms. The van der Waals surface area contributed by atoms with E-state index in [9.17, 15) is 0 Å². The lowest BCUT2D eigenvalue weighted by Crippen LogP contribution is -2.20. The van der Waals surface area contributed by atoms with Crippen molar-refractivity contribution in [1.29, 1.82) is 0 Å². The van der Waals surface area contributed by atoms with Crippen molar-refractivity contribution in [3.05, 3.63) is 39.1 Å². The van der Waals surface area contributed by atoms with Crippen molar-refractivity contribution in [3.8, 4) is 0 Å². The van der Waals surface area contributed by atoms with Crippen LogP contribution in [0, 0.1) is 0 Å². The molecule has 0 saturated carbocycles. The lowest BCUT2D eigenvalue weighted by Gasteiger charge is -2.16. The maximum Gasteiger partial charge on any atom is 0.176 e. The minimum absolute atomic E-state index is 0.0646. The second-order valence-corrected chi connectivity index (χ2v) is 5.23. The molecule has 0 amide bonds. The summed E-state index contributed by atoms with van der Waals surface area (Å²) >= 11 is 9.64. The molecule has 2 aromatic rings. The molecule has 96 valence electrons. The maximum atomic E-state index is 6.24. The van der Waals surface area contributed by atoms with Gasteiger partial charge in [-0.1, -0.05) is 33.6 Å². The van der Waals surface area contributed by atoms with E-state index in [0.29, 0.717) is 17.3 Å².